The quantitative estimate of drug-likeness (QED) is 0.255. The third-order valence-corrected chi connectivity index (χ3v) is 2.56. The van der Waals surface area contributed by atoms with Crippen LogP contribution in [0.2, 0.25) is 0 Å². The second kappa shape index (κ2) is 10.5. The Balaban J connectivity index is 0. The van der Waals surface area contributed by atoms with E-state index in [1.54, 1.807) is 25.2 Å². The summed E-state index contributed by atoms with van der Waals surface area (Å²) < 4.78 is 25.5. The van der Waals surface area contributed by atoms with Gasteiger partial charge in [-0.2, -0.15) is 0 Å². The van der Waals surface area contributed by atoms with Crippen molar-refractivity contribution in [3.63, 3.8) is 0 Å². The molecule has 0 saturated carbocycles. The Labute approximate surface area is 122 Å². The van der Waals surface area contributed by atoms with Crippen molar-refractivity contribution in [1.82, 2.24) is 0 Å². The van der Waals surface area contributed by atoms with Crippen molar-refractivity contribution in [2.24, 2.45) is 5.92 Å². The van der Waals surface area contributed by atoms with Crippen LogP contribution in [0.25, 0.3) is 0 Å². The van der Waals surface area contributed by atoms with E-state index in [1.165, 1.54) is 0 Å². The SMILES string of the molecule is CC(/C=C\C=C/C(=N)I)C(C)O[S-](=O)=O.[AlH2+]. The predicted octanol–water partition coefficient (Wildman–Crippen LogP) is 1.86. The molecule has 2 atom stereocenters. The van der Waals surface area contributed by atoms with E-state index in [0.717, 1.165) is 0 Å². The van der Waals surface area contributed by atoms with Gasteiger partial charge in [0.05, 0.1) is 14.7 Å². The van der Waals surface area contributed by atoms with E-state index in [1.807, 2.05) is 35.6 Å². The van der Waals surface area contributed by atoms with Crippen molar-refractivity contribution >= 4 is 54.7 Å². The van der Waals surface area contributed by atoms with Crippen LogP contribution in [0.15, 0.2) is 24.3 Å². The van der Waals surface area contributed by atoms with Crippen LogP contribution in [-0.4, -0.2) is 27.2 Å². The van der Waals surface area contributed by atoms with Crippen LogP contribution in [-0.2, 0) is 23.6 Å². The summed E-state index contributed by atoms with van der Waals surface area (Å²) in [6, 6.07) is 0. The molecule has 1 N–H and O–H groups in total. The van der Waals surface area contributed by atoms with E-state index in [2.05, 4.69) is 4.18 Å². The third-order valence-electron chi connectivity index (χ3n) is 1.74. The number of hydrogen-bond donors (Lipinski definition) is 1. The van der Waals surface area contributed by atoms with Crippen molar-refractivity contribution in [3.8, 4) is 0 Å². The number of halogens is 1. The van der Waals surface area contributed by atoms with Gasteiger partial charge < -0.3 is 12.6 Å². The molecule has 0 radical (unpaired) electrons. The fourth-order valence-electron chi connectivity index (χ4n) is 0.747. The van der Waals surface area contributed by atoms with E-state index >= 15 is 0 Å². The van der Waals surface area contributed by atoms with Gasteiger partial charge in [0, 0.05) is 6.10 Å². The van der Waals surface area contributed by atoms with Gasteiger partial charge in [-0.15, -0.1) is 0 Å². The Morgan fingerprint density at radius 1 is 1.38 bits per heavy atom. The van der Waals surface area contributed by atoms with Crippen molar-refractivity contribution in [2.75, 3.05) is 0 Å². The normalized spacial score (nSPS) is 15.2. The van der Waals surface area contributed by atoms with E-state index in [0.29, 0.717) is 3.72 Å². The topological polar surface area (TPSA) is 67.2 Å². The van der Waals surface area contributed by atoms with E-state index < -0.39 is 11.0 Å². The Bertz CT molecular complexity index is 334. The molecule has 0 heterocycles. The molecule has 0 aromatic rings. The molecule has 0 amide bonds. The molecule has 0 aliphatic carbocycles. The molecular weight excluding hydrogens is 356 g/mol. The molecule has 0 saturated heterocycles. The van der Waals surface area contributed by atoms with Gasteiger partial charge in [-0.3, -0.25) is 5.41 Å². The minimum atomic E-state index is -2.47. The Kier molecular flexibility index (Phi) is 12.2. The van der Waals surface area contributed by atoms with Crippen LogP contribution < -0.4 is 0 Å². The average Bonchev–Trinajstić information content (AvgIpc) is 2.10. The zero-order valence-electron chi connectivity index (χ0n) is 9.48. The minimum absolute atomic E-state index is 0. The number of allylic oxidation sites excluding steroid dienone is 3. The number of rotatable bonds is 6. The molecule has 0 aromatic carbocycles. The van der Waals surface area contributed by atoms with Crippen LogP contribution in [0.4, 0.5) is 0 Å². The zero-order chi connectivity index (χ0) is 11.8. The Morgan fingerprint density at radius 2 is 1.94 bits per heavy atom. The van der Waals surface area contributed by atoms with Crippen LogP contribution in [0.5, 0.6) is 0 Å². The third kappa shape index (κ3) is 10.8. The van der Waals surface area contributed by atoms with Crippen LogP contribution in [0.3, 0.4) is 0 Å². The first-order valence-electron chi connectivity index (χ1n) is 4.28. The summed E-state index contributed by atoms with van der Waals surface area (Å²) in [5, 5.41) is 7.12. The molecule has 0 rings (SSSR count). The monoisotopic (exact) mass is 371 g/mol. The van der Waals surface area contributed by atoms with Gasteiger partial charge in [-0.05, 0) is 41.5 Å². The Morgan fingerprint density at radius 3 is 2.38 bits per heavy atom. The molecule has 0 fully saturated rings. The summed E-state index contributed by atoms with van der Waals surface area (Å²) in [7, 11) is -2.47. The molecule has 0 bridgehead atoms. The molecule has 7 heteroatoms. The van der Waals surface area contributed by atoms with Crippen LogP contribution >= 0.6 is 22.6 Å². The van der Waals surface area contributed by atoms with E-state index in [4.69, 9.17) is 5.41 Å². The first kappa shape index (κ1) is 18.7. The van der Waals surface area contributed by atoms with Gasteiger partial charge >= 0.3 is 17.4 Å². The summed E-state index contributed by atoms with van der Waals surface area (Å²) in [5.74, 6) is -0.00375. The summed E-state index contributed by atoms with van der Waals surface area (Å²) in [4.78, 5) is 0. The van der Waals surface area contributed by atoms with Gasteiger partial charge in [0.2, 0.25) is 0 Å². The van der Waals surface area contributed by atoms with Gasteiger partial charge in [-0.1, -0.05) is 25.2 Å². The molecule has 16 heavy (non-hydrogen) atoms. The summed E-state index contributed by atoms with van der Waals surface area (Å²) in [5.41, 5.74) is 0. The van der Waals surface area contributed by atoms with Gasteiger partial charge in [-0.25, -0.2) is 0 Å². The second-order valence-corrected chi connectivity index (χ2v) is 4.72. The number of hydrogen-bond acceptors (Lipinski definition) is 5. The van der Waals surface area contributed by atoms with Gasteiger partial charge in [0.15, 0.2) is 0 Å². The first-order valence-corrected chi connectivity index (χ1v) is 6.36. The molecule has 0 aromatic heterocycles. The summed E-state index contributed by atoms with van der Waals surface area (Å²) in [6.45, 7) is 3.55. The molecule has 0 aliphatic heterocycles. The fourth-order valence-corrected chi connectivity index (χ4v) is 1.38. The number of nitrogens with one attached hydrogen (secondary N) is 1. The van der Waals surface area contributed by atoms with E-state index in [9.17, 15) is 8.42 Å². The average molecular weight is 371 g/mol. The van der Waals surface area contributed by atoms with Crippen molar-refractivity contribution in [1.29, 1.82) is 5.41 Å². The molecule has 90 valence electrons. The molecule has 4 nitrogen and oxygen atoms in total. The molecule has 0 spiro atoms. The van der Waals surface area contributed by atoms with Crippen LogP contribution in [0.1, 0.15) is 13.8 Å². The predicted molar refractivity (Wildman–Crippen MR) is 77.0 cm³/mol. The summed E-state index contributed by atoms with van der Waals surface area (Å²) >= 11 is 1.89. The molecular formula is C9H15AlINO3S. The first-order chi connectivity index (χ1) is 6.93. The Hall–Kier alpha value is 0.322. The maximum absolute atomic E-state index is 10.2. The molecule has 0 aliphatic rings. The zero-order valence-corrected chi connectivity index (χ0v) is 14.4. The maximum atomic E-state index is 10.2. The van der Waals surface area contributed by atoms with Crippen molar-refractivity contribution < 1.29 is 12.6 Å². The van der Waals surface area contributed by atoms with Gasteiger partial charge in [0.25, 0.3) is 0 Å². The second-order valence-electron chi connectivity index (χ2n) is 2.96. The fraction of sp³-hybridized carbons (Fsp3) is 0.444. The standard InChI is InChI=1S/C9H13INO3S.Al.2H/c1-7(8(2)14-15(12)13)5-3-4-6-9(10)11;;;/h3-8,11H,1-2H3;;;/q-1;+1;;/b5-3-,6-4-,11-9?;;;. The van der Waals surface area contributed by atoms with Crippen molar-refractivity contribution in [2.45, 2.75) is 20.0 Å². The molecule has 2 unspecified atom stereocenters. The van der Waals surface area contributed by atoms with Gasteiger partial charge in [0.1, 0.15) is 0 Å². The van der Waals surface area contributed by atoms with Crippen LogP contribution in [0, 0.1) is 11.3 Å². The van der Waals surface area contributed by atoms with E-state index in [-0.39, 0.29) is 29.4 Å². The summed E-state index contributed by atoms with van der Waals surface area (Å²) in [6.07, 6.45) is 6.58. The van der Waals surface area contributed by atoms with Crippen molar-refractivity contribution in [3.05, 3.63) is 24.3 Å².